The highest BCUT2D eigenvalue weighted by molar-refractivity contribution is 7.89. The highest BCUT2D eigenvalue weighted by Crippen LogP contribution is 2.27. The van der Waals surface area contributed by atoms with Crippen LogP contribution in [0.25, 0.3) is 0 Å². The number of sulfonamides is 1. The van der Waals surface area contributed by atoms with Crippen LogP contribution in [0.4, 0.5) is 13.2 Å². The number of hydrogen-bond donors (Lipinski definition) is 1. The summed E-state index contributed by atoms with van der Waals surface area (Å²) in [6.45, 7) is 0.919. The van der Waals surface area contributed by atoms with E-state index in [1.165, 1.54) is 4.31 Å². The van der Waals surface area contributed by atoms with Gasteiger partial charge in [0, 0.05) is 19.0 Å². The van der Waals surface area contributed by atoms with Crippen LogP contribution in [0, 0.1) is 0 Å². The highest BCUT2D eigenvalue weighted by Gasteiger charge is 2.34. The molecule has 1 aliphatic rings. The fourth-order valence-corrected chi connectivity index (χ4v) is 4.21. The average Bonchev–Trinajstić information content (AvgIpc) is 2.72. The SMILES string of the molecule is NCCCC1CCCN1S(=O)(=O)CCCC(F)(F)F. The monoisotopic (exact) mass is 302 g/mol. The third-order valence-electron chi connectivity index (χ3n) is 3.28. The van der Waals surface area contributed by atoms with Crippen molar-refractivity contribution >= 4 is 10.0 Å². The molecule has 1 unspecified atom stereocenters. The van der Waals surface area contributed by atoms with E-state index in [2.05, 4.69) is 0 Å². The number of halogens is 3. The van der Waals surface area contributed by atoms with Crippen LogP contribution in [0.2, 0.25) is 0 Å². The first-order chi connectivity index (χ1) is 8.76. The van der Waals surface area contributed by atoms with Gasteiger partial charge in [-0.3, -0.25) is 0 Å². The minimum Gasteiger partial charge on any atom is -0.330 e. The van der Waals surface area contributed by atoms with Gasteiger partial charge in [0.05, 0.1) is 5.75 Å². The first-order valence-electron chi connectivity index (χ1n) is 6.52. The van der Waals surface area contributed by atoms with Crippen molar-refractivity contribution in [1.29, 1.82) is 0 Å². The van der Waals surface area contributed by atoms with Crippen molar-refractivity contribution in [3.63, 3.8) is 0 Å². The van der Waals surface area contributed by atoms with Gasteiger partial charge >= 0.3 is 6.18 Å². The van der Waals surface area contributed by atoms with E-state index in [-0.39, 0.29) is 12.5 Å². The predicted octanol–water partition coefficient (Wildman–Crippen LogP) is 1.86. The zero-order valence-corrected chi connectivity index (χ0v) is 11.6. The van der Waals surface area contributed by atoms with Crippen LogP contribution in [0.1, 0.15) is 38.5 Å². The average molecular weight is 302 g/mol. The molecule has 0 aromatic carbocycles. The molecule has 0 bridgehead atoms. The second kappa shape index (κ2) is 6.90. The first-order valence-corrected chi connectivity index (χ1v) is 8.13. The molecule has 1 saturated heterocycles. The standard InChI is InChI=1S/C11H21F3N2O2S/c12-11(13,14)6-3-9-19(17,18)16-8-2-5-10(16)4-1-7-15/h10H,1-9,15H2. The molecule has 114 valence electrons. The van der Waals surface area contributed by atoms with Crippen LogP contribution >= 0.6 is 0 Å². The van der Waals surface area contributed by atoms with Crippen LogP contribution in [0.3, 0.4) is 0 Å². The maximum atomic E-state index is 12.0. The summed E-state index contributed by atoms with van der Waals surface area (Å²) in [7, 11) is -3.57. The largest absolute Gasteiger partial charge is 0.389 e. The topological polar surface area (TPSA) is 63.4 Å². The Labute approximate surface area is 112 Å². The maximum Gasteiger partial charge on any atom is 0.389 e. The Balaban J connectivity index is 2.51. The molecule has 0 aliphatic carbocycles. The van der Waals surface area contributed by atoms with Gasteiger partial charge < -0.3 is 5.73 Å². The Morgan fingerprint density at radius 1 is 1.26 bits per heavy atom. The lowest BCUT2D eigenvalue weighted by molar-refractivity contribution is -0.134. The molecule has 0 radical (unpaired) electrons. The summed E-state index contributed by atoms with van der Waals surface area (Å²) in [6.07, 6.45) is -2.74. The number of hydrogen-bond acceptors (Lipinski definition) is 3. The Morgan fingerprint density at radius 2 is 1.95 bits per heavy atom. The van der Waals surface area contributed by atoms with E-state index in [9.17, 15) is 21.6 Å². The first kappa shape index (κ1) is 16.7. The third-order valence-corrected chi connectivity index (χ3v) is 5.28. The molecule has 0 amide bonds. The van der Waals surface area contributed by atoms with E-state index < -0.39 is 28.4 Å². The summed E-state index contributed by atoms with van der Waals surface area (Å²) >= 11 is 0. The van der Waals surface area contributed by atoms with Crippen molar-refractivity contribution < 1.29 is 21.6 Å². The molecule has 0 aromatic heterocycles. The highest BCUT2D eigenvalue weighted by atomic mass is 32.2. The molecule has 1 atom stereocenters. The Morgan fingerprint density at radius 3 is 2.53 bits per heavy atom. The van der Waals surface area contributed by atoms with Gasteiger partial charge in [-0.15, -0.1) is 0 Å². The number of rotatable bonds is 7. The van der Waals surface area contributed by atoms with Crippen molar-refractivity contribution in [2.45, 2.75) is 50.7 Å². The van der Waals surface area contributed by atoms with Gasteiger partial charge in [0.2, 0.25) is 10.0 Å². The summed E-state index contributed by atoms with van der Waals surface area (Å²) in [5.41, 5.74) is 5.40. The Kier molecular flexibility index (Phi) is 6.07. The zero-order valence-electron chi connectivity index (χ0n) is 10.8. The number of nitrogens with two attached hydrogens (primary N) is 1. The van der Waals surface area contributed by atoms with E-state index in [0.717, 1.165) is 19.3 Å². The van der Waals surface area contributed by atoms with Crippen LogP contribution in [-0.2, 0) is 10.0 Å². The third kappa shape index (κ3) is 5.66. The van der Waals surface area contributed by atoms with E-state index in [0.29, 0.717) is 19.5 Å². The molecule has 0 spiro atoms. The van der Waals surface area contributed by atoms with E-state index in [1.54, 1.807) is 0 Å². The minimum absolute atomic E-state index is 0.0839. The van der Waals surface area contributed by atoms with Crippen LogP contribution < -0.4 is 5.73 Å². The smallest absolute Gasteiger partial charge is 0.330 e. The molecule has 0 aromatic rings. The molecule has 1 heterocycles. The predicted molar refractivity (Wildman–Crippen MR) is 67.1 cm³/mol. The second-order valence-corrected chi connectivity index (χ2v) is 6.91. The van der Waals surface area contributed by atoms with Gasteiger partial charge in [-0.1, -0.05) is 0 Å². The van der Waals surface area contributed by atoms with E-state index in [4.69, 9.17) is 5.73 Å². The summed E-state index contributed by atoms with van der Waals surface area (Å²) in [5, 5.41) is 0. The number of nitrogens with zero attached hydrogens (tertiary/aromatic N) is 1. The summed E-state index contributed by atoms with van der Waals surface area (Å²) in [4.78, 5) is 0. The van der Waals surface area contributed by atoms with Crippen LogP contribution in [-0.4, -0.2) is 43.8 Å². The molecule has 1 rings (SSSR count). The van der Waals surface area contributed by atoms with Crippen molar-refractivity contribution in [1.82, 2.24) is 4.31 Å². The second-order valence-electron chi connectivity index (χ2n) is 4.87. The van der Waals surface area contributed by atoms with Gasteiger partial charge in [-0.25, -0.2) is 8.42 Å². The maximum absolute atomic E-state index is 12.0. The van der Waals surface area contributed by atoms with Gasteiger partial charge in [0.15, 0.2) is 0 Å². The quantitative estimate of drug-likeness (QED) is 0.781. The van der Waals surface area contributed by atoms with Crippen LogP contribution in [0.15, 0.2) is 0 Å². The lowest BCUT2D eigenvalue weighted by Gasteiger charge is -2.24. The Bertz CT molecular complexity index is 371. The van der Waals surface area contributed by atoms with Crippen molar-refractivity contribution in [3.8, 4) is 0 Å². The molecule has 0 saturated carbocycles. The normalized spacial score (nSPS) is 22.0. The van der Waals surface area contributed by atoms with E-state index in [1.807, 2.05) is 0 Å². The minimum atomic E-state index is -4.29. The molecule has 1 fully saturated rings. The lowest BCUT2D eigenvalue weighted by atomic mass is 10.1. The fourth-order valence-electron chi connectivity index (χ4n) is 2.39. The van der Waals surface area contributed by atoms with Gasteiger partial charge in [-0.2, -0.15) is 17.5 Å². The molecule has 8 heteroatoms. The lowest BCUT2D eigenvalue weighted by Crippen LogP contribution is -2.37. The van der Waals surface area contributed by atoms with E-state index >= 15 is 0 Å². The molecular weight excluding hydrogens is 281 g/mol. The van der Waals surface area contributed by atoms with Gasteiger partial charge in [0.25, 0.3) is 0 Å². The molecule has 2 N–H and O–H groups in total. The van der Waals surface area contributed by atoms with Crippen LogP contribution in [0.5, 0.6) is 0 Å². The molecule has 19 heavy (non-hydrogen) atoms. The van der Waals surface area contributed by atoms with Crippen molar-refractivity contribution in [2.24, 2.45) is 5.73 Å². The van der Waals surface area contributed by atoms with Gasteiger partial charge in [0.1, 0.15) is 0 Å². The summed E-state index contributed by atoms with van der Waals surface area (Å²) < 4.78 is 61.5. The summed E-state index contributed by atoms with van der Waals surface area (Å²) in [5.74, 6) is -0.425. The fraction of sp³-hybridized carbons (Fsp3) is 1.00. The van der Waals surface area contributed by atoms with Crippen molar-refractivity contribution in [2.75, 3.05) is 18.8 Å². The van der Waals surface area contributed by atoms with Gasteiger partial charge in [-0.05, 0) is 38.6 Å². The molecular formula is C11H21F3N2O2S. The van der Waals surface area contributed by atoms with Crippen molar-refractivity contribution in [3.05, 3.63) is 0 Å². The Hall–Kier alpha value is -0.340. The summed E-state index contributed by atoms with van der Waals surface area (Å²) in [6, 6.07) is -0.0839. The number of alkyl halides is 3. The molecule has 4 nitrogen and oxygen atoms in total. The molecule has 1 aliphatic heterocycles. The zero-order chi connectivity index (χ0) is 14.5.